The number of rotatable bonds is 5. The van der Waals surface area contributed by atoms with Crippen LogP contribution < -0.4 is 4.74 Å². The number of benzene rings is 2. The first-order valence-corrected chi connectivity index (χ1v) is 8.08. The number of H-pyrrole nitrogens is 1. The highest BCUT2D eigenvalue weighted by molar-refractivity contribution is 5.82. The van der Waals surface area contributed by atoms with E-state index in [1.165, 1.54) is 5.56 Å². The molecule has 0 aliphatic rings. The van der Waals surface area contributed by atoms with Crippen LogP contribution in [-0.2, 0) is 0 Å². The zero-order valence-electron chi connectivity index (χ0n) is 14.2. The number of aliphatic hydroxyl groups excluding tert-OH is 1. The predicted molar refractivity (Wildman–Crippen MR) is 97.3 cm³/mol. The second-order valence-corrected chi connectivity index (χ2v) is 6.05. The van der Waals surface area contributed by atoms with Crippen LogP contribution >= 0.6 is 0 Å². The molecule has 0 aliphatic heterocycles. The smallest absolute Gasteiger partial charge is 0.152 e. The normalized spacial score (nSPS) is 12.1. The van der Waals surface area contributed by atoms with Gasteiger partial charge in [0.15, 0.2) is 11.6 Å². The zero-order chi connectivity index (χ0) is 17.8. The van der Waals surface area contributed by atoms with Gasteiger partial charge in [0.1, 0.15) is 24.0 Å². The van der Waals surface area contributed by atoms with Crippen LogP contribution in [0.25, 0.3) is 16.6 Å². The number of aromatic amines is 1. The third-order valence-corrected chi connectivity index (χ3v) is 3.95. The number of fused-ring (bicyclic) bond motifs is 1. The maximum absolute atomic E-state index is 10.3. The van der Waals surface area contributed by atoms with Crippen molar-refractivity contribution in [3.05, 3.63) is 65.7 Å². The van der Waals surface area contributed by atoms with Crippen molar-refractivity contribution in [2.45, 2.75) is 19.8 Å². The molecule has 5 heteroatoms. The van der Waals surface area contributed by atoms with E-state index in [9.17, 15) is 10.4 Å². The van der Waals surface area contributed by atoms with Gasteiger partial charge in [0.2, 0.25) is 0 Å². The number of ether oxygens (including phenoxy) is 1. The molecule has 0 bridgehead atoms. The molecule has 25 heavy (non-hydrogen) atoms. The molecule has 0 saturated heterocycles. The molecule has 0 atom stereocenters. The Kier molecular flexibility index (Phi) is 4.71. The third-order valence-electron chi connectivity index (χ3n) is 3.95. The summed E-state index contributed by atoms with van der Waals surface area (Å²) in [6, 6.07) is 17.1. The number of aliphatic hydroxyl groups is 1. The Balaban J connectivity index is 1.78. The SMILES string of the molecule is CC(C)c1ccc(OC/C(O)=C(\C#N)c2nc3ccccc3[nH]2)cc1. The van der Waals surface area contributed by atoms with Crippen LogP contribution in [0, 0.1) is 11.3 Å². The highest BCUT2D eigenvalue weighted by Crippen LogP contribution is 2.21. The molecule has 126 valence electrons. The van der Waals surface area contributed by atoms with E-state index in [0.717, 1.165) is 11.0 Å². The quantitative estimate of drug-likeness (QED) is 0.530. The molecule has 1 heterocycles. The Morgan fingerprint density at radius 1 is 1.20 bits per heavy atom. The molecule has 0 spiro atoms. The van der Waals surface area contributed by atoms with E-state index >= 15 is 0 Å². The number of nitrogens with one attached hydrogen (secondary N) is 1. The van der Waals surface area contributed by atoms with Gasteiger partial charge in [-0.2, -0.15) is 5.26 Å². The summed E-state index contributed by atoms with van der Waals surface area (Å²) in [7, 11) is 0. The Hall–Kier alpha value is -3.26. The van der Waals surface area contributed by atoms with Crippen molar-refractivity contribution >= 4 is 16.6 Å². The molecular formula is C20H19N3O2. The number of nitriles is 1. The van der Waals surface area contributed by atoms with Crippen LogP contribution in [0.1, 0.15) is 31.2 Å². The molecular weight excluding hydrogens is 314 g/mol. The first-order valence-electron chi connectivity index (χ1n) is 8.08. The lowest BCUT2D eigenvalue weighted by atomic mass is 10.0. The van der Waals surface area contributed by atoms with Crippen molar-refractivity contribution in [2.75, 3.05) is 6.61 Å². The largest absolute Gasteiger partial charge is 0.507 e. The van der Waals surface area contributed by atoms with Gasteiger partial charge in [0, 0.05) is 0 Å². The second-order valence-electron chi connectivity index (χ2n) is 6.05. The summed E-state index contributed by atoms with van der Waals surface area (Å²) in [5.41, 5.74) is 2.84. The van der Waals surface area contributed by atoms with E-state index in [4.69, 9.17) is 4.74 Å². The molecule has 0 fully saturated rings. The Bertz CT molecular complexity index is 914. The monoisotopic (exact) mass is 333 g/mol. The molecule has 2 aromatic carbocycles. The predicted octanol–water partition coefficient (Wildman–Crippen LogP) is 4.56. The van der Waals surface area contributed by atoms with E-state index in [1.54, 1.807) is 0 Å². The Morgan fingerprint density at radius 2 is 1.92 bits per heavy atom. The van der Waals surface area contributed by atoms with Gasteiger partial charge < -0.3 is 14.8 Å². The Labute approximate surface area is 146 Å². The summed E-state index contributed by atoms with van der Waals surface area (Å²) in [5.74, 6) is 1.26. The van der Waals surface area contributed by atoms with Gasteiger partial charge in [-0.3, -0.25) is 0 Å². The molecule has 0 radical (unpaired) electrons. The molecule has 0 aliphatic carbocycles. The lowest BCUT2D eigenvalue weighted by molar-refractivity contribution is 0.272. The van der Waals surface area contributed by atoms with Gasteiger partial charge in [-0.15, -0.1) is 0 Å². The molecule has 0 saturated carbocycles. The number of nitrogens with zero attached hydrogens (tertiary/aromatic N) is 2. The average Bonchev–Trinajstić information content (AvgIpc) is 3.04. The third kappa shape index (κ3) is 3.64. The van der Waals surface area contributed by atoms with Gasteiger partial charge >= 0.3 is 0 Å². The maximum atomic E-state index is 10.3. The van der Waals surface area contributed by atoms with Gasteiger partial charge in [0.25, 0.3) is 0 Å². The number of imidazole rings is 1. The number of para-hydroxylation sites is 2. The fourth-order valence-corrected chi connectivity index (χ4v) is 2.50. The minimum absolute atomic E-state index is 0.0787. The topological polar surface area (TPSA) is 81.9 Å². The van der Waals surface area contributed by atoms with E-state index in [2.05, 4.69) is 23.8 Å². The lowest BCUT2D eigenvalue weighted by Crippen LogP contribution is -2.04. The zero-order valence-corrected chi connectivity index (χ0v) is 14.2. The molecule has 0 unspecified atom stereocenters. The summed E-state index contributed by atoms with van der Waals surface area (Å²) in [4.78, 5) is 7.38. The van der Waals surface area contributed by atoms with Gasteiger partial charge in [-0.1, -0.05) is 38.1 Å². The van der Waals surface area contributed by atoms with Crippen LogP contribution in [0.2, 0.25) is 0 Å². The van der Waals surface area contributed by atoms with E-state index in [1.807, 2.05) is 54.6 Å². The first-order chi connectivity index (χ1) is 12.1. The van der Waals surface area contributed by atoms with E-state index < -0.39 is 0 Å². The minimum Gasteiger partial charge on any atom is -0.507 e. The van der Waals surface area contributed by atoms with E-state index in [-0.39, 0.29) is 17.9 Å². The molecule has 3 aromatic rings. The lowest BCUT2D eigenvalue weighted by Gasteiger charge is -2.09. The summed E-state index contributed by atoms with van der Waals surface area (Å²) in [6.45, 7) is 4.15. The molecule has 2 N–H and O–H groups in total. The van der Waals surface area contributed by atoms with Crippen molar-refractivity contribution in [3.8, 4) is 11.8 Å². The van der Waals surface area contributed by atoms with Crippen LogP contribution in [0.3, 0.4) is 0 Å². The van der Waals surface area contributed by atoms with Crippen molar-refractivity contribution in [1.29, 1.82) is 5.26 Å². The first kappa shape index (κ1) is 16.6. The number of hydrogen-bond acceptors (Lipinski definition) is 4. The van der Waals surface area contributed by atoms with E-state index in [0.29, 0.717) is 17.5 Å². The van der Waals surface area contributed by atoms with Gasteiger partial charge in [-0.05, 0) is 35.7 Å². The van der Waals surface area contributed by atoms with Crippen LogP contribution in [-0.4, -0.2) is 21.7 Å². The standard InChI is InChI=1S/C20H19N3O2/c1-13(2)14-7-9-15(10-8-14)25-12-19(24)16(11-21)20-22-17-5-3-4-6-18(17)23-20/h3-10,13,24H,12H2,1-2H3,(H,22,23)/b19-16-. The van der Waals surface area contributed by atoms with Gasteiger partial charge in [-0.25, -0.2) is 4.98 Å². The molecule has 1 aromatic heterocycles. The summed E-state index contributed by atoms with van der Waals surface area (Å²) in [5, 5.41) is 19.7. The van der Waals surface area contributed by atoms with Crippen LogP contribution in [0.5, 0.6) is 5.75 Å². The summed E-state index contributed by atoms with van der Waals surface area (Å²) < 4.78 is 5.58. The number of aromatic nitrogens is 2. The van der Waals surface area contributed by atoms with Crippen LogP contribution in [0.15, 0.2) is 54.3 Å². The Morgan fingerprint density at radius 3 is 2.56 bits per heavy atom. The van der Waals surface area contributed by atoms with Crippen molar-refractivity contribution in [1.82, 2.24) is 9.97 Å². The van der Waals surface area contributed by atoms with Crippen molar-refractivity contribution in [2.24, 2.45) is 0 Å². The fraction of sp³-hybridized carbons (Fsp3) is 0.200. The maximum Gasteiger partial charge on any atom is 0.152 e. The number of allylic oxidation sites excluding steroid dienone is 1. The fourth-order valence-electron chi connectivity index (χ4n) is 2.50. The number of hydrogen-bond donors (Lipinski definition) is 2. The van der Waals surface area contributed by atoms with Gasteiger partial charge in [0.05, 0.1) is 11.0 Å². The molecule has 3 rings (SSSR count). The molecule has 0 amide bonds. The van der Waals surface area contributed by atoms with Crippen molar-refractivity contribution < 1.29 is 9.84 Å². The van der Waals surface area contributed by atoms with Crippen LogP contribution in [0.4, 0.5) is 0 Å². The average molecular weight is 333 g/mol. The van der Waals surface area contributed by atoms with Crippen molar-refractivity contribution in [3.63, 3.8) is 0 Å². The highest BCUT2D eigenvalue weighted by atomic mass is 16.5. The molecule has 5 nitrogen and oxygen atoms in total. The minimum atomic E-state index is -0.158. The summed E-state index contributed by atoms with van der Waals surface area (Å²) in [6.07, 6.45) is 0. The highest BCUT2D eigenvalue weighted by Gasteiger charge is 2.13. The second kappa shape index (κ2) is 7.10. The summed E-state index contributed by atoms with van der Waals surface area (Å²) >= 11 is 0.